The molecule has 19 heavy (non-hydrogen) atoms. The van der Waals surface area contributed by atoms with Gasteiger partial charge in [-0.25, -0.2) is 4.79 Å². The first-order chi connectivity index (χ1) is 9.05. The highest BCUT2D eigenvalue weighted by atomic mass is 32.2. The smallest absolute Gasteiger partial charge is 0.321 e. The standard InChI is InChI=1S/C10H17N5O2S2/c1-4-6(2)12-8(17)13-7(16)5-18-10-15-14-9(11-3)19-10/h6H,4-5H2,1-3H3,(H,11,14)(H2,12,13,16,17)/t6-/m1/s1. The Morgan fingerprint density at radius 3 is 2.74 bits per heavy atom. The van der Waals surface area contributed by atoms with E-state index in [1.54, 1.807) is 7.05 Å². The minimum absolute atomic E-state index is 0.0433. The molecule has 1 aromatic heterocycles. The van der Waals surface area contributed by atoms with Gasteiger partial charge in [-0.3, -0.25) is 10.1 Å². The number of nitrogens with one attached hydrogen (secondary N) is 3. The Morgan fingerprint density at radius 1 is 1.42 bits per heavy atom. The lowest BCUT2D eigenvalue weighted by atomic mass is 10.3. The lowest BCUT2D eigenvalue weighted by Gasteiger charge is -2.11. The molecule has 1 rings (SSSR count). The molecule has 7 nitrogen and oxygen atoms in total. The van der Waals surface area contributed by atoms with Crippen LogP contribution in [-0.2, 0) is 4.79 Å². The lowest BCUT2D eigenvalue weighted by molar-refractivity contribution is -0.117. The lowest BCUT2D eigenvalue weighted by Crippen LogP contribution is -2.43. The van der Waals surface area contributed by atoms with Gasteiger partial charge < -0.3 is 10.6 Å². The zero-order chi connectivity index (χ0) is 14.3. The van der Waals surface area contributed by atoms with E-state index in [1.807, 2.05) is 13.8 Å². The van der Waals surface area contributed by atoms with E-state index >= 15 is 0 Å². The molecule has 0 fully saturated rings. The summed E-state index contributed by atoms with van der Waals surface area (Å²) in [4.78, 5) is 22.9. The maximum Gasteiger partial charge on any atom is 0.321 e. The summed E-state index contributed by atoms with van der Waals surface area (Å²) >= 11 is 2.60. The van der Waals surface area contributed by atoms with E-state index in [9.17, 15) is 9.59 Å². The molecule has 106 valence electrons. The maximum atomic E-state index is 11.5. The highest BCUT2D eigenvalue weighted by Gasteiger charge is 2.11. The summed E-state index contributed by atoms with van der Waals surface area (Å²) in [7, 11) is 1.75. The van der Waals surface area contributed by atoms with Crippen molar-refractivity contribution in [2.24, 2.45) is 0 Å². The zero-order valence-corrected chi connectivity index (χ0v) is 12.7. The number of hydrogen-bond donors (Lipinski definition) is 3. The highest BCUT2D eigenvalue weighted by molar-refractivity contribution is 8.01. The van der Waals surface area contributed by atoms with Crippen molar-refractivity contribution < 1.29 is 9.59 Å². The van der Waals surface area contributed by atoms with Crippen LogP contribution in [0.5, 0.6) is 0 Å². The second kappa shape index (κ2) is 7.95. The fourth-order valence-corrected chi connectivity index (χ4v) is 2.53. The number of carbonyl (C=O) groups excluding carboxylic acids is 2. The number of carbonyl (C=O) groups is 2. The van der Waals surface area contributed by atoms with Crippen molar-refractivity contribution in [3.05, 3.63) is 0 Å². The van der Waals surface area contributed by atoms with Crippen molar-refractivity contribution >= 4 is 40.2 Å². The molecule has 0 aliphatic heterocycles. The van der Waals surface area contributed by atoms with Gasteiger partial charge in [-0.1, -0.05) is 30.0 Å². The van der Waals surface area contributed by atoms with E-state index in [2.05, 4.69) is 26.1 Å². The first-order valence-electron chi connectivity index (χ1n) is 5.79. The van der Waals surface area contributed by atoms with Crippen LogP contribution in [0.25, 0.3) is 0 Å². The molecule has 0 bridgehead atoms. The first kappa shape index (κ1) is 15.7. The third-order valence-electron chi connectivity index (χ3n) is 2.19. The maximum absolute atomic E-state index is 11.5. The summed E-state index contributed by atoms with van der Waals surface area (Å²) in [5, 5.41) is 16.2. The summed E-state index contributed by atoms with van der Waals surface area (Å²) in [5.41, 5.74) is 0. The van der Waals surface area contributed by atoms with Crippen LogP contribution in [0.1, 0.15) is 20.3 Å². The van der Waals surface area contributed by atoms with Crippen molar-refractivity contribution in [3.63, 3.8) is 0 Å². The molecule has 1 heterocycles. The van der Waals surface area contributed by atoms with Crippen molar-refractivity contribution in [1.82, 2.24) is 20.8 Å². The highest BCUT2D eigenvalue weighted by Crippen LogP contribution is 2.24. The first-order valence-corrected chi connectivity index (χ1v) is 7.59. The molecular weight excluding hydrogens is 286 g/mol. The van der Waals surface area contributed by atoms with E-state index < -0.39 is 6.03 Å². The predicted octanol–water partition coefficient (Wildman–Crippen LogP) is 1.30. The number of rotatable bonds is 6. The van der Waals surface area contributed by atoms with Crippen LogP contribution in [0.15, 0.2) is 4.34 Å². The largest absolute Gasteiger partial charge is 0.363 e. The number of aromatic nitrogens is 2. The molecule has 1 atom stereocenters. The Hall–Kier alpha value is -1.35. The SMILES string of the molecule is CC[C@@H](C)NC(=O)NC(=O)CSc1nnc(NC)s1. The Bertz CT molecular complexity index is 437. The third-order valence-corrected chi connectivity index (χ3v) is 4.26. The van der Waals surface area contributed by atoms with Crippen LogP contribution >= 0.6 is 23.1 Å². The molecule has 1 aromatic rings. The molecule has 0 saturated heterocycles. The molecule has 9 heteroatoms. The Balaban J connectivity index is 2.29. The summed E-state index contributed by atoms with van der Waals surface area (Å²) in [5.74, 6) is -0.223. The van der Waals surface area contributed by atoms with Crippen LogP contribution in [0.4, 0.5) is 9.93 Å². The molecule has 3 amide bonds. The second-order valence-corrected chi connectivity index (χ2v) is 5.94. The van der Waals surface area contributed by atoms with Gasteiger partial charge in [0.1, 0.15) is 0 Å². The van der Waals surface area contributed by atoms with Crippen LogP contribution in [-0.4, -0.2) is 41.0 Å². The van der Waals surface area contributed by atoms with E-state index in [4.69, 9.17) is 0 Å². The van der Waals surface area contributed by atoms with Crippen molar-refractivity contribution in [2.45, 2.75) is 30.6 Å². The summed E-state index contributed by atoms with van der Waals surface area (Å²) in [6, 6.07) is -0.421. The predicted molar refractivity (Wildman–Crippen MR) is 76.6 cm³/mol. The Kier molecular flexibility index (Phi) is 6.57. The fraction of sp³-hybridized carbons (Fsp3) is 0.600. The Labute approximate surface area is 119 Å². The van der Waals surface area contributed by atoms with Crippen molar-refractivity contribution in [3.8, 4) is 0 Å². The minimum Gasteiger partial charge on any atom is -0.363 e. The number of imide groups is 1. The molecule has 0 aromatic carbocycles. The van der Waals surface area contributed by atoms with Gasteiger partial charge in [0, 0.05) is 13.1 Å². The van der Waals surface area contributed by atoms with Crippen LogP contribution in [0.2, 0.25) is 0 Å². The fourth-order valence-electron chi connectivity index (χ4n) is 1.02. The molecule has 0 saturated carbocycles. The molecule has 0 aliphatic rings. The number of hydrogen-bond acceptors (Lipinski definition) is 7. The van der Waals surface area contributed by atoms with Crippen molar-refractivity contribution in [1.29, 1.82) is 0 Å². The van der Waals surface area contributed by atoms with Crippen LogP contribution in [0, 0.1) is 0 Å². The molecule has 0 unspecified atom stereocenters. The molecule has 0 spiro atoms. The Morgan fingerprint density at radius 2 is 2.16 bits per heavy atom. The van der Waals surface area contributed by atoms with Gasteiger partial charge in [0.15, 0.2) is 4.34 Å². The monoisotopic (exact) mass is 303 g/mol. The number of urea groups is 1. The molecular formula is C10H17N5O2S2. The zero-order valence-electron chi connectivity index (χ0n) is 11.0. The normalized spacial score (nSPS) is 11.7. The second-order valence-electron chi connectivity index (χ2n) is 3.74. The van der Waals surface area contributed by atoms with Gasteiger partial charge in [-0.05, 0) is 13.3 Å². The minimum atomic E-state index is -0.465. The third kappa shape index (κ3) is 5.88. The number of amides is 3. The average Bonchev–Trinajstić information content (AvgIpc) is 2.84. The van der Waals surface area contributed by atoms with E-state index in [0.29, 0.717) is 9.47 Å². The number of anilines is 1. The summed E-state index contributed by atoms with van der Waals surface area (Å²) in [6.07, 6.45) is 0.813. The van der Waals surface area contributed by atoms with E-state index in [1.165, 1.54) is 23.1 Å². The van der Waals surface area contributed by atoms with Gasteiger partial charge in [0.25, 0.3) is 0 Å². The molecule has 3 N–H and O–H groups in total. The van der Waals surface area contributed by atoms with Crippen LogP contribution < -0.4 is 16.0 Å². The number of thioether (sulfide) groups is 1. The number of nitrogens with zero attached hydrogens (tertiary/aromatic N) is 2. The quantitative estimate of drug-likeness (QED) is 0.685. The summed E-state index contributed by atoms with van der Waals surface area (Å²) in [6.45, 7) is 3.83. The van der Waals surface area contributed by atoms with Crippen LogP contribution in [0.3, 0.4) is 0 Å². The average molecular weight is 303 g/mol. The van der Waals surface area contributed by atoms with Crippen molar-refractivity contribution in [2.75, 3.05) is 18.1 Å². The van der Waals surface area contributed by atoms with Gasteiger partial charge >= 0.3 is 6.03 Å². The van der Waals surface area contributed by atoms with E-state index in [0.717, 1.165) is 6.42 Å². The van der Waals surface area contributed by atoms with Gasteiger partial charge in [0.05, 0.1) is 5.75 Å². The topological polar surface area (TPSA) is 96.0 Å². The molecule has 0 radical (unpaired) electrons. The van der Waals surface area contributed by atoms with E-state index in [-0.39, 0.29) is 17.7 Å². The van der Waals surface area contributed by atoms with Gasteiger partial charge in [-0.2, -0.15) is 0 Å². The van der Waals surface area contributed by atoms with Gasteiger partial charge in [-0.15, -0.1) is 10.2 Å². The molecule has 0 aliphatic carbocycles. The summed E-state index contributed by atoms with van der Waals surface area (Å²) < 4.78 is 0.682. The van der Waals surface area contributed by atoms with Gasteiger partial charge in [0.2, 0.25) is 11.0 Å².